The van der Waals surface area contributed by atoms with Gasteiger partial charge in [0.2, 0.25) is 11.8 Å². The van der Waals surface area contributed by atoms with Crippen molar-refractivity contribution in [3.63, 3.8) is 0 Å². The molecular formula is C28H37N5O3. The fourth-order valence-corrected chi connectivity index (χ4v) is 4.93. The SMILES string of the molecule is CC(=O)N1CCN(Cc2ccc(C(=O)NCc3ccc(CN)cc3)cc2NC(=O)C2CCCC2)CC1. The van der Waals surface area contributed by atoms with Gasteiger partial charge in [0.1, 0.15) is 0 Å². The number of piperazine rings is 1. The smallest absolute Gasteiger partial charge is 0.251 e. The van der Waals surface area contributed by atoms with Crippen LogP contribution in [-0.4, -0.2) is 53.7 Å². The van der Waals surface area contributed by atoms with Crippen LogP contribution in [0.5, 0.6) is 0 Å². The van der Waals surface area contributed by atoms with Gasteiger partial charge in [-0.2, -0.15) is 0 Å². The highest BCUT2D eigenvalue weighted by atomic mass is 16.2. The van der Waals surface area contributed by atoms with E-state index in [0.717, 1.165) is 55.5 Å². The number of nitrogens with zero attached hydrogens (tertiary/aromatic N) is 2. The molecule has 0 aromatic heterocycles. The number of anilines is 1. The standard InChI is InChI=1S/C28H37N5O3/c1-20(34)33-14-12-32(13-15-33)19-25-11-10-24(16-26(25)31-28(36)23-4-2-3-5-23)27(35)30-18-22-8-6-21(17-29)7-9-22/h6-11,16,23H,2-5,12-15,17-19,29H2,1H3,(H,30,35)(H,31,36). The van der Waals surface area contributed by atoms with Gasteiger partial charge in [0.25, 0.3) is 5.91 Å². The zero-order chi connectivity index (χ0) is 25.5. The molecule has 0 unspecified atom stereocenters. The molecule has 1 aliphatic carbocycles. The molecule has 0 radical (unpaired) electrons. The van der Waals surface area contributed by atoms with Crippen molar-refractivity contribution in [2.24, 2.45) is 11.7 Å². The van der Waals surface area contributed by atoms with Gasteiger partial charge in [0, 0.05) is 69.9 Å². The lowest BCUT2D eigenvalue weighted by molar-refractivity contribution is -0.130. The third kappa shape index (κ3) is 6.71. The maximum atomic E-state index is 12.9. The molecule has 3 amide bonds. The second kappa shape index (κ2) is 12.1. The minimum absolute atomic E-state index is 0.0333. The minimum atomic E-state index is -0.184. The van der Waals surface area contributed by atoms with E-state index in [0.29, 0.717) is 44.0 Å². The van der Waals surface area contributed by atoms with Crippen molar-refractivity contribution in [2.45, 2.75) is 52.2 Å². The molecule has 0 bridgehead atoms. The number of amides is 3. The van der Waals surface area contributed by atoms with E-state index in [4.69, 9.17) is 5.73 Å². The summed E-state index contributed by atoms with van der Waals surface area (Å²) in [6.07, 6.45) is 3.99. The molecule has 8 nitrogen and oxygen atoms in total. The third-order valence-electron chi connectivity index (χ3n) is 7.28. The van der Waals surface area contributed by atoms with E-state index >= 15 is 0 Å². The van der Waals surface area contributed by atoms with Crippen LogP contribution < -0.4 is 16.4 Å². The van der Waals surface area contributed by atoms with Crippen LogP contribution >= 0.6 is 0 Å². The molecule has 2 fully saturated rings. The Morgan fingerprint density at radius 3 is 2.25 bits per heavy atom. The lowest BCUT2D eigenvalue weighted by Gasteiger charge is -2.34. The van der Waals surface area contributed by atoms with E-state index in [1.807, 2.05) is 41.3 Å². The zero-order valence-electron chi connectivity index (χ0n) is 21.1. The lowest BCUT2D eigenvalue weighted by Crippen LogP contribution is -2.47. The monoisotopic (exact) mass is 491 g/mol. The molecule has 1 saturated heterocycles. The largest absolute Gasteiger partial charge is 0.348 e. The Bertz CT molecular complexity index is 1070. The van der Waals surface area contributed by atoms with Crippen molar-refractivity contribution in [3.05, 3.63) is 64.7 Å². The van der Waals surface area contributed by atoms with Crippen LogP contribution in [0, 0.1) is 5.92 Å². The van der Waals surface area contributed by atoms with Crippen molar-refractivity contribution in [1.29, 1.82) is 0 Å². The number of hydrogen-bond donors (Lipinski definition) is 3. The number of carbonyl (C=O) groups is 3. The summed E-state index contributed by atoms with van der Waals surface area (Å²) in [6.45, 7) is 6.11. The normalized spacial score (nSPS) is 16.7. The molecule has 1 aliphatic heterocycles. The number of rotatable bonds is 8. The maximum Gasteiger partial charge on any atom is 0.251 e. The second-order valence-electron chi connectivity index (χ2n) is 9.83. The van der Waals surface area contributed by atoms with Crippen LogP contribution in [0.15, 0.2) is 42.5 Å². The molecule has 4 N–H and O–H groups in total. The van der Waals surface area contributed by atoms with Crippen LogP contribution in [0.3, 0.4) is 0 Å². The molecular weight excluding hydrogens is 454 g/mol. The van der Waals surface area contributed by atoms with E-state index in [-0.39, 0.29) is 23.6 Å². The molecule has 0 spiro atoms. The predicted octanol–water partition coefficient (Wildman–Crippen LogP) is 2.87. The maximum absolute atomic E-state index is 12.9. The van der Waals surface area contributed by atoms with E-state index in [9.17, 15) is 14.4 Å². The van der Waals surface area contributed by atoms with Gasteiger partial charge in [0.05, 0.1) is 0 Å². The first-order chi connectivity index (χ1) is 17.4. The first-order valence-corrected chi connectivity index (χ1v) is 12.9. The molecule has 0 atom stereocenters. The summed E-state index contributed by atoms with van der Waals surface area (Å²) < 4.78 is 0. The van der Waals surface area contributed by atoms with Crippen molar-refractivity contribution in [1.82, 2.24) is 15.1 Å². The van der Waals surface area contributed by atoms with Gasteiger partial charge in [-0.25, -0.2) is 0 Å². The summed E-state index contributed by atoms with van der Waals surface area (Å²) >= 11 is 0. The van der Waals surface area contributed by atoms with Crippen molar-refractivity contribution < 1.29 is 14.4 Å². The quantitative estimate of drug-likeness (QED) is 0.526. The Balaban J connectivity index is 1.46. The fourth-order valence-electron chi connectivity index (χ4n) is 4.93. The van der Waals surface area contributed by atoms with Crippen molar-refractivity contribution >= 4 is 23.4 Å². The van der Waals surface area contributed by atoms with E-state index in [2.05, 4.69) is 15.5 Å². The van der Waals surface area contributed by atoms with Crippen LogP contribution in [0.4, 0.5) is 5.69 Å². The second-order valence-corrected chi connectivity index (χ2v) is 9.83. The molecule has 8 heteroatoms. The molecule has 2 aromatic rings. The minimum Gasteiger partial charge on any atom is -0.348 e. The molecule has 36 heavy (non-hydrogen) atoms. The zero-order valence-corrected chi connectivity index (χ0v) is 21.1. The Hall–Kier alpha value is -3.23. The summed E-state index contributed by atoms with van der Waals surface area (Å²) in [5.41, 5.74) is 9.89. The topological polar surface area (TPSA) is 108 Å². The molecule has 2 aliphatic rings. The molecule has 1 saturated carbocycles. The van der Waals surface area contributed by atoms with Gasteiger partial charge in [0.15, 0.2) is 0 Å². The van der Waals surface area contributed by atoms with Gasteiger partial charge in [-0.05, 0) is 41.7 Å². The summed E-state index contributed by atoms with van der Waals surface area (Å²) in [5, 5.41) is 6.10. The van der Waals surface area contributed by atoms with Crippen LogP contribution in [0.2, 0.25) is 0 Å². The summed E-state index contributed by atoms with van der Waals surface area (Å²) in [4.78, 5) is 41.7. The number of carbonyl (C=O) groups excluding carboxylic acids is 3. The van der Waals surface area contributed by atoms with E-state index in [1.165, 1.54) is 0 Å². The highest BCUT2D eigenvalue weighted by Gasteiger charge is 2.25. The Morgan fingerprint density at radius 2 is 1.61 bits per heavy atom. The van der Waals surface area contributed by atoms with Gasteiger partial charge < -0.3 is 21.3 Å². The molecule has 192 valence electrons. The molecule has 2 aromatic carbocycles. The van der Waals surface area contributed by atoms with Crippen LogP contribution in [0.25, 0.3) is 0 Å². The lowest BCUT2D eigenvalue weighted by atomic mass is 10.0. The molecule has 4 rings (SSSR count). The van der Waals surface area contributed by atoms with Crippen molar-refractivity contribution in [3.8, 4) is 0 Å². The van der Waals surface area contributed by atoms with E-state index in [1.54, 1.807) is 13.0 Å². The average Bonchev–Trinajstić information content (AvgIpc) is 3.44. The highest BCUT2D eigenvalue weighted by molar-refractivity contribution is 5.98. The van der Waals surface area contributed by atoms with Crippen LogP contribution in [-0.2, 0) is 29.2 Å². The third-order valence-corrected chi connectivity index (χ3v) is 7.28. The van der Waals surface area contributed by atoms with Crippen LogP contribution in [0.1, 0.15) is 59.7 Å². The van der Waals surface area contributed by atoms with Crippen molar-refractivity contribution in [2.75, 3.05) is 31.5 Å². The first-order valence-electron chi connectivity index (χ1n) is 12.9. The summed E-state index contributed by atoms with van der Waals surface area (Å²) in [5.74, 6) is -0.0145. The summed E-state index contributed by atoms with van der Waals surface area (Å²) in [7, 11) is 0. The van der Waals surface area contributed by atoms with Gasteiger partial charge >= 0.3 is 0 Å². The predicted molar refractivity (Wildman–Crippen MR) is 140 cm³/mol. The molecule has 1 heterocycles. The number of nitrogens with two attached hydrogens (primary N) is 1. The van der Waals surface area contributed by atoms with E-state index < -0.39 is 0 Å². The number of hydrogen-bond acceptors (Lipinski definition) is 5. The fraction of sp³-hybridized carbons (Fsp3) is 0.464. The highest BCUT2D eigenvalue weighted by Crippen LogP contribution is 2.28. The average molecular weight is 492 g/mol. The van der Waals surface area contributed by atoms with Gasteiger partial charge in [-0.15, -0.1) is 0 Å². The van der Waals surface area contributed by atoms with Gasteiger partial charge in [-0.3, -0.25) is 19.3 Å². The van der Waals surface area contributed by atoms with Gasteiger partial charge in [-0.1, -0.05) is 43.2 Å². The Labute approximate surface area is 213 Å². The number of benzene rings is 2. The first kappa shape index (κ1) is 25.9. The Morgan fingerprint density at radius 1 is 0.944 bits per heavy atom. The summed E-state index contributed by atoms with van der Waals surface area (Å²) in [6, 6.07) is 13.4. The Kier molecular flexibility index (Phi) is 8.72. The number of nitrogens with one attached hydrogen (secondary N) is 2.